The van der Waals surface area contributed by atoms with Gasteiger partial charge in [-0.05, 0) is 38.0 Å². The van der Waals surface area contributed by atoms with Gasteiger partial charge in [0.25, 0.3) is 5.91 Å². The predicted octanol–water partition coefficient (Wildman–Crippen LogP) is 2.24. The van der Waals surface area contributed by atoms with E-state index in [4.69, 9.17) is 19.3 Å². The van der Waals surface area contributed by atoms with Crippen LogP contribution in [0.5, 0.6) is 11.5 Å². The van der Waals surface area contributed by atoms with Crippen molar-refractivity contribution in [3.63, 3.8) is 0 Å². The van der Waals surface area contributed by atoms with Crippen LogP contribution in [0, 0.1) is 0 Å². The minimum absolute atomic E-state index is 0.172. The molecule has 0 radical (unpaired) electrons. The summed E-state index contributed by atoms with van der Waals surface area (Å²) in [6, 6.07) is 4.96. The van der Waals surface area contributed by atoms with E-state index < -0.39 is 11.5 Å². The fraction of sp³-hybridized carbons (Fsp3) is 0.556. The zero-order chi connectivity index (χ0) is 18.3. The van der Waals surface area contributed by atoms with Crippen LogP contribution in [0.1, 0.15) is 43.5 Å². The fourth-order valence-electron chi connectivity index (χ4n) is 2.74. The lowest BCUT2D eigenvalue weighted by Gasteiger charge is -2.27. The van der Waals surface area contributed by atoms with Gasteiger partial charge in [-0.1, -0.05) is 6.92 Å². The van der Waals surface area contributed by atoms with Crippen LogP contribution in [0.25, 0.3) is 0 Å². The molecule has 1 saturated heterocycles. The van der Waals surface area contributed by atoms with E-state index in [9.17, 15) is 9.59 Å². The van der Waals surface area contributed by atoms with Crippen LogP contribution >= 0.6 is 0 Å². The Labute approximate surface area is 147 Å². The molecule has 0 bridgehead atoms. The molecule has 7 nitrogen and oxygen atoms in total. The van der Waals surface area contributed by atoms with Gasteiger partial charge in [0.1, 0.15) is 0 Å². The van der Waals surface area contributed by atoms with Gasteiger partial charge in [-0.3, -0.25) is 9.59 Å². The number of amides is 1. The third-order valence-corrected chi connectivity index (χ3v) is 3.94. The summed E-state index contributed by atoms with van der Waals surface area (Å²) in [5.41, 5.74) is -0.476. The molecule has 1 aromatic rings. The number of aliphatic carboxylic acids is 1. The van der Waals surface area contributed by atoms with Crippen LogP contribution in [0.15, 0.2) is 18.2 Å². The first-order valence-corrected chi connectivity index (χ1v) is 8.51. The van der Waals surface area contributed by atoms with Crippen molar-refractivity contribution in [1.82, 2.24) is 5.32 Å². The average Bonchev–Trinajstić information content (AvgIpc) is 3.01. The van der Waals surface area contributed by atoms with Crippen LogP contribution < -0.4 is 14.8 Å². The van der Waals surface area contributed by atoms with Crippen molar-refractivity contribution in [1.29, 1.82) is 0 Å². The maximum atomic E-state index is 12.6. The van der Waals surface area contributed by atoms with Gasteiger partial charge in [-0.25, -0.2) is 0 Å². The fourth-order valence-corrected chi connectivity index (χ4v) is 2.74. The van der Waals surface area contributed by atoms with Crippen molar-refractivity contribution in [2.75, 3.05) is 26.4 Å². The monoisotopic (exact) mass is 351 g/mol. The molecule has 1 aliphatic heterocycles. The predicted molar refractivity (Wildman–Crippen MR) is 91.3 cm³/mol. The smallest absolute Gasteiger partial charge is 0.305 e. The lowest BCUT2D eigenvalue weighted by molar-refractivity contribution is -0.138. The average molecular weight is 351 g/mol. The Hall–Kier alpha value is -2.28. The molecule has 25 heavy (non-hydrogen) atoms. The van der Waals surface area contributed by atoms with Gasteiger partial charge >= 0.3 is 5.97 Å². The molecule has 1 atom stereocenters. The van der Waals surface area contributed by atoms with E-state index in [1.807, 2.05) is 13.8 Å². The number of carboxylic acid groups (broad SMARTS) is 1. The number of hydrogen-bond donors (Lipinski definition) is 2. The number of hydrogen-bond acceptors (Lipinski definition) is 5. The normalized spacial score (nSPS) is 19.4. The van der Waals surface area contributed by atoms with Crippen molar-refractivity contribution in [2.24, 2.45) is 0 Å². The molecular formula is C18H25NO6. The van der Waals surface area contributed by atoms with Crippen molar-refractivity contribution in [2.45, 2.75) is 38.6 Å². The maximum absolute atomic E-state index is 12.6. The molecule has 1 unspecified atom stereocenters. The second-order valence-corrected chi connectivity index (χ2v) is 6.05. The Morgan fingerprint density at radius 2 is 2.08 bits per heavy atom. The number of benzene rings is 1. The molecule has 0 aliphatic carbocycles. The second-order valence-electron chi connectivity index (χ2n) is 6.05. The zero-order valence-corrected chi connectivity index (χ0v) is 14.7. The summed E-state index contributed by atoms with van der Waals surface area (Å²) < 4.78 is 16.5. The van der Waals surface area contributed by atoms with E-state index >= 15 is 0 Å². The molecule has 2 N–H and O–H groups in total. The minimum atomic E-state index is -0.968. The van der Waals surface area contributed by atoms with Crippen LogP contribution in [-0.4, -0.2) is 48.9 Å². The van der Waals surface area contributed by atoms with E-state index in [-0.39, 0.29) is 18.9 Å². The number of nitrogens with one attached hydrogen (secondary N) is 1. The zero-order valence-electron chi connectivity index (χ0n) is 14.7. The lowest BCUT2D eigenvalue weighted by atomic mass is 9.93. The van der Waals surface area contributed by atoms with Gasteiger partial charge in [0.2, 0.25) is 0 Å². The number of carbonyl (C=O) groups is 2. The van der Waals surface area contributed by atoms with Gasteiger partial charge in [0.05, 0.1) is 31.8 Å². The molecule has 0 spiro atoms. The van der Waals surface area contributed by atoms with Crippen molar-refractivity contribution in [3.8, 4) is 11.5 Å². The first-order chi connectivity index (χ1) is 12.0. The number of ether oxygens (including phenoxy) is 3. The van der Waals surface area contributed by atoms with Gasteiger partial charge in [0.15, 0.2) is 11.5 Å². The summed E-state index contributed by atoms with van der Waals surface area (Å²) in [5, 5.41) is 11.9. The molecular weight excluding hydrogens is 326 g/mol. The Morgan fingerprint density at radius 1 is 1.28 bits per heavy atom. The summed E-state index contributed by atoms with van der Waals surface area (Å²) in [6.45, 7) is 5.50. The molecule has 0 aromatic heterocycles. The van der Waals surface area contributed by atoms with Crippen LogP contribution in [-0.2, 0) is 9.53 Å². The van der Waals surface area contributed by atoms with Crippen molar-refractivity contribution in [3.05, 3.63) is 23.8 Å². The summed E-state index contributed by atoms with van der Waals surface area (Å²) in [5.74, 6) is -0.234. The Bertz CT molecular complexity index is 610. The Kier molecular flexibility index (Phi) is 6.64. The Morgan fingerprint density at radius 3 is 2.68 bits per heavy atom. The quantitative estimate of drug-likeness (QED) is 0.709. The van der Waals surface area contributed by atoms with Crippen molar-refractivity contribution < 1.29 is 28.9 Å². The molecule has 1 amide bonds. The molecule has 1 aliphatic rings. The van der Waals surface area contributed by atoms with Gasteiger partial charge in [-0.2, -0.15) is 0 Å². The highest BCUT2D eigenvalue weighted by Gasteiger charge is 2.38. The van der Waals surface area contributed by atoms with Crippen LogP contribution in [0.3, 0.4) is 0 Å². The molecule has 1 fully saturated rings. The topological polar surface area (TPSA) is 94.1 Å². The summed E-state index contributed by atoms with van der Waals surface area (Å²) in [4.78, 5) is 23.7. The largest absolute Gasteiger partial charge is 0.490 e. The van der Waals surface area contributed by atoms with Crippen molar-refractivity contribution >= 4 is 11.9 Å². The van der Waals surface area contributed by atoms with E-state index in [1.54, 1.807) is 18.2 Å². The number of rotatable bonds is 9. The summed E-state index contributed by atoms with van der Waals surface area (Å²) >= 11 is 0. The van der Waals surface area contributed by atoms with E-state index in [0.717, 1.165) is 6.42 Å². The van der Waals surface area contributed by atoms with Gasteiger partial charge in [0, 0.05) is 12.2 Å². The lowest BCUT2D eigenvalue weighted by Crippen LogP contribution is -2.50. The molecule has 7 heteroatoms. The van der Waals surface area contributed by atoms with E-state index in [1.165, 1.54) is 0 Å². The highest BCUT2D eigenvalue weighted by molar-refractivity contribution is 5.95. The number of carbonyl (C=O) groups excluding carboxylic acids is 1. The minimum Gasteiger partial charge on any atom is -0.490 e. The first kappa shape index (κ1) is 19.1. The molecule has 138 valence electrons. The van der Waals surface area contributed by atoms with Gasteiger partial charge < -0.3 is 24.6 Å². The number of carboxylic acids is 1. The van der Waals surface area contributed by atoms with Crippen LogP contribution in [0.2, 0.25) is 0 Å². The molecule has 1 aromatic carbocycles. The maximum Gasteiger partial charge on any atom is 0.305 e. The van der Waals surface area contributed by atoms with Crippen LogP contribution in [0.4, 0.5) is 0 Å². The summed E-state index contributed by atoms with van der Waals surface area (Å²) in [7, 11) is 0. The SMILES string of the molecule is CCCOc1ccc(C(=O)NC2(CC(=O)O)CCOC2)cc1OCC. The standard InChI is InChI=1S/C18H25NO6/c1-3-8-25-14-6-5-13(10-15(14)24-4-2)17(22)19-18(11-16(20)21)7-9-23-12-18/h5-6,10H,3-4,7-9,11-12H2,1-2H3,(H,19,22)(H,20,21). The highest BCUT2D eigenvalue weighted by Crippen LogP contribution is 2.29. The molecule has 1 heterocycles. The second kappa shape index (κ2) is 8.71. The first-order valence-electron chi connectivity index (χ1n) is 8.51. The Balaban J connectivity index is 2.17. The summed E-state index contributed by atoms with van der Waals surface area (Å²) in [6.07, 6.45) is 1.17. The van der Waals surface area contributed by atoms with Gasteiger partial charge in [-0.15, -0.1) is 0 Å². The third kappa shape index (κ3) is 5.09. The molecule has 2 rings (SSSR count). The van der Waals surface area contributed by atoms with E-state index in [0.29, 0.717) is 43.3 Å². The third-order valence-electron chi connectivity index (χ3n) is 3.94. The molecule has 0 saturated carbocycles. The van der Waals surface area contributed by atoms with E-state index in [2.05, 4.69) is 5.32 Å². The highest BCUT2D eigenvalue weighted by atomic mass is 16.5.